The van der Waals surface area contributed by atoms with Gasteiger partial charge in [0.05, 0.1) is 23.1 Å². The molecule has 150 valence electrons. The predicted molar refractivity (Wildman–Crippen MR) is 111 cm³/mol. The second-order valence-corrected chi connectivity index (χ2v) is 7.51. The zero-order valence-electron chi connectivity index (χ0n) is 15.9. The molecular weight excluding hydrogens is 441 g/mol. The van der Waals surface area contributed by atoms with Gasteiger partial charge in [-0.15, -0.1) is 0 Å². The normalized spacial score (nSPS) is 10.8. The summed E-state index contributed by atoms with van der Waals surface area (Å²) in [5.74, 6) is -1.68. The van der Waals surface area contributed by atoms with Crippen LogP contribution in [0.5, 0.6) is 0 Å². The van der Waals surface area contributed by atoms with E-state index in [4.69, 9.17) is 5.11 Å². The minimum Gasteiger partial charge on any atom is -0.481 e. The van der Waals surface area contributed by atoms with Crippen LogP contribution in [0.3, 0.4) is 0 Å². The molecule has 6 nitrogen and oxygen atoms in total. The smallest absolute Gasteiger partial charge is 0.307 e. The average molecular weight is 460 g/mol. The van der Waals surface area contributed by atoms with Crippen LogP contribution in [-0.4, -0.2) is 26.8 Å². The monoisotopic (exact) mass is 459 g/mol. The largest absolute Gasteiger partial charge is 0.481 e. The molecule has 0 atom stereocenters. The van der Waals surface area contributed by atoms with Crippen LogP contribution >= 0.6 is 15.9 Å². The van der Waals surface area contributed by atoms with Crippen molar-refractivity contribution in [1.82, 2.24) is 9.78 Å². The van der Waals surface area contributed by atoms with Crippen molar-refractivity contribution in [1.29, 1.82) is 0 Å². The van der Waals surface area contributed by atoms with Crippen LogP contribution in [0.15, 0.2) is 46.9 Å². The maximum absolute atomic E-state index is 13.6. The van der Waals surface area contributed by atoms with Crippen molar-refractivity contribution in [3.05, 3.63) is 80.8 Å². The van der Waals surface area contributed by atoms with Gasteiger partial charge in [0.15, 0.2) is 0 Å². The summed E-state index contributed by atoms with van der Waals surface area (Å²) in [5.41, 5.74) is 3.95. The van der Waals surface area contributed by atoms with Gasteiger partial charge >= 0.3 is 5.97 Å². The Morgan fingerprint density at radius 2 is 1.86 bits per heavy atom. The number of anilines is 1. The minimum atomic E-state index is -0.892. The van der Waals surface area contributed by atoms with Crippen LogP contribution in [0.2, 0.25) is 0 Å². The highest BCUT2D eigenvalue weighted by molar-refractivity contribution is 9.10. The molecule has 3 aromatic rings. The number of halogens is 2. The quantitative estimate of drug-likeness (QED) is 0.574. The lowest BCUT2D eigenvalue weighted by Crippen LogP contribution is -2.12. The number of rotatable bonds is 6. The second kappa shape index (κ2) is 8.57. The molecule has 1 aromatic heterocycles. The molecule has 1 amide bonds. The van der Waals surface area contributed by atoms with Gasteiger partial charge in [0.25, 0.3) is 5.91 Å². The summed E-state index contributed by atoms with van der Waals surface area (Å²) in [7, 11) is 0. The summed E-state index contributed by atoms with van der Waals surface area (Å²) in [6.45, 7) is 4.10. The van der Waals surface area contributed by atoms with E-state index >= 15 is 0 Å². The molecule has 0 saturated heterocycles. The van der Waals surface area contributed by atoms with Gasteiger partial charge in [-0.3, -0.25) is 14.3 Å². The topological polar surface area (TPSA) is 84.2 Å². The van der Waals surface area contributed by atoms with Crippen molar-refractivity contribution in [2.24, 2.45) is 0 Å². The fourth-order valence-corrected chi connectivity index (χ4v) is 3.25. The Labute approximate surface area is 175 Å². The van der Waals surface area contributed by atoms with Gasteiger partial charge in [-0.2, -0.15) is 5.10 Å². The van der Waals surface area contributed by atoms with E-state index in [0.29, 0.717) is 28.0 Å². The van der Waals surface area contributed by atoms with Gasteiger partial charge < -0.3 is 10.4 Å². The lowest BCUT2D eigenvalue weighted by Gasteiger charge is -2.08. The van der Waals surface area contributed by atoms with Gasteiger partial charge in [-0.05, 0) is 65.7 Å². The number of amides is 1. The summed E-state index contributed by atoms with van der Waals surface area (Å²) < 4.78 is 15.7. The fraction of sp³-hybridized carbons (Fsp3) is 0.190. The Morgan fingerprint density at radius 3 is 2.48 bits per heavy atom. The Kier molecular flexibility index (Phi) is 6.12. The number of carbonyl (C=O) groups excluding carboxylic acids is 1. The highest BCUT2D eigenvalue weighted by Crippen LogP contribution is 2.20. The Hall–Kier alpha value is -3.00. The van der Waals surface area contributed by atoms with E-state index in [0.717, 1.165) is 16.8 Å². The molecule has 0 radical (unpaired) electrons. The third kappa shape index (κ3) is 4.89. The van der Waals surface area contributed by atoms with E-state index in [1.165, 1.54) is 12.1 Å². The third-order valence-electron chi connectivity index (χ3n) is 4.59. The van der Waals surface area contributed by atoms with E-state index in [-0.39, 0.29) is 12.3 Å². The number of carbonyl (C=O) groups is 2. The number of benzene rings is 2. The summed E-state index contributed by atoms with van der Waals surface area (Å²) in [4.78, 5) is 23.4. The Morgan fingerprint density at radius 1 is 1.17 bits per heavy atom. The van der Waals surface area contributed by atoms with Crippen molar-refractivity contribution in [3.8, 4) is 0 Å². The van der Waals surface area contributed by atoms with E-state index in [1.54, 1.807) is 29.8 Å². The van der Waals surface area contributed by atoms with Crippen LogP contribution in [0.1, 0.15) is 32.9 Å². The third-order valence-corrected chi connectivity index (χ3v) is 5.23. The van der Waals surface area contributed by atoms with Crippen molar-refractivity contribution < 1.29 is 19.1 Å². The zero-order chi connectivity index (χ0) is 21.1. The molecule has 0 aliphatic rings. The lowest BCUT2D eigenvalue weighted by molar-refractivity contribution is -0.136. The number of aryl methyl sites for hydroxylation is 1. The van der Waals surface area contributed by atoms with Crippen molar-refractivity contribution in [2.75, 3.05) is 5.32 Å². The number of carboxylic acid groups (broad SMARTS) is 1. The number of aromatic nitrogens is 2. The van der Waals surface area contributed by atoms with E-state index in [1.807, 2.05) is 19.1 Å². The molecular formula is C21H19BrFN3O3. The van der Waals surface area contributed by atoms with Gasteiger partial charge in [0.2, 0.25) is 0 Å². The van der Waals surface area contributed by atoms with Gasteiger partial charge in [-0.25, -0.2) is 4.39 Å². The van der Waals surface area contributed by atoms with Crippen molar-refractivity contribution in [2.45, 2.75) is 26.8 Å². The van der Waals surface area contributed by atoms with Crippen molar-refractivity contribution in [3.63, 3.8) is 0 Å². The van der Waals surface area contributed by atoms with Crippen LogP contribution in [0, 0.1) is 19.7 Å². The van der Waals surface area contributed by atoms with Crippen molar-refractivity contribution >= 4 is 33.5 Å². The summed E-state index contributed by atoms with van der Waals surface area (Å²) in [5, 5.41) is 16.1. The SMILES string of the molecule is Cc1nn(Cc2ccc(C(=O)Nc3ccc(Br)c(F)c3)cc2)c(C)c1CC(=O)O. The van der Waals surface area contributed by atoms with Gasteiger partial charge in [0.1, 0.15) is 5.82 Å². The first-order valence-electron chi connectivity index (χ1n) is 8.84. The van der Waals surface area contributed by atoms with E-state index in [9.17, 15) is 14.0 Å². The van der Waals surface area contributed by atoms with Crippen LogP contribution in [0.4, 0.5) is 10.1 Å². The molecule has 3 rings (SSSR count). The first-order valence-corrected chi connectivity index (χ1v) is 9.64. The molecule has 0 spiro atoms. The maximum atomic E-state index is 13.6. The highest BCUT2D eigenvalue weighted by atomic mass is 79.9. The highest BCUT2D eigenvalue weighted by Gasteiger charge is 2.15. The lowest BCUT2D eigenvalue weighted by atomic mass is 10.1. The number of nitrogens with zero attached hydrogens (tertiary/aromatic N) is 2. The zero-order valence-corrected chi connectivity index (χ0v) is 17.5. The van der Waals surface area contributed by atoms with Crippen LogP contribution in [-0.2, 0) is 17.8 Å². The first-order chi connectivity index (χ1) is 13.7. The van der Waals surface area contributed by atoms with E-state index < -0.39 is 11.8 Å². The Balaban J connectivity index is 1.71. The summed E-state index contributed by atoms with van der Waals surface area (Å²) in [6, 6.07) is 11.4. The molecule has 0 fully saturated rings. The molecule has 0 bridgehead atoms. The molecule has 1 heterocycles. The number of nitrogens with one attached hydrogen (secondary N) is 1. The number of carboxylic acids is 1. The molecule has 29 heavy (non-hydrogen) atoms. The standard InChI is InChI=1S/C21H19BrFN3O3/c1-12-17(10-20(27)28)13(2)26(25-12)11-14-3-5-15(6-4-14)21(29)24-16-7-8-18(22)19(23)9-16/h3-9H,10-11H2,1-2H3,(H,24,29)(H,27,28). The molecule has 8 heteroatoms. The van der Waals surface area contributed by atoms with Gasteiger partial charge in [0, 0.05) is 22.5 Å². The minimum absolute atomic E-state index is 0.0621. The van der Waals surface area contributed by atoms with Crippen LogP contribution < -0.4 is 5.32 Å². The average Bonchev–Trinajstić information content (AvgIpc) is 2.92. The molecule has 0 aliphatic heterocycles. The van der Waals surface area contributed by atoms with Crippen LogP contribution in [0.25, 0.3) is 0 Å². The molecule has 0 aliphatic carbocycles. The fourth-order valence-electron chi connectivity index (χ4n) is 3.01. The maximum Gasteiger partial charge on any atom is 0.307 e. The number of hydrogen-bond donors (Lipinski definition) is 2. The Bertz CT molecular complexity index is 1080. The second-order valence-electron chi connectivity index (χ2n) is 6.66. The molecule has 0 unspecified atom stereocenters. The molecule has 0 saturated carbocycles. The van der Waals surface area contributed by atoms with E-state index in [2.05, 4.69) is 26.3 Å². The number of hydrogen-bond acceptors (Lipinski definition) is 3. The van der Waals surface area contributed by atoms with Gasteiger partial charge in [-0.1, -0.05) is 12.1 Å². The summed E-state index contributed by atoms with van der Waals surface area (Å²) in [6.07, 6.45) is -0.0621. The predicted octanol–water partition coefficient (Wildman–Crippen LogP) is 4.33. The molecule has 2 N–H and O–H groups in total. The molecule has 2 aromatic carbocycles. The first kappa shape index (κ1) is 20.7. The summed E-state index contributed by atoms with van der Waals surface area (Å²) >= 11 is 3.07. The number of aliphatic carboxylic acids is 1.